The lowest BCUT2D eigenvalue weighted by molar-refractivity contribution is -0.139. The molecule has 0 amide bonds. The highest BCUT2D eigenvalue weighted by molar-refractivity contribution is 7.99. The lowest BCUT2D eigenvalue weighted by Gasteiger charge is -2.06. The first-order valence-electron chi connectivity index (χ1n) is 5.95. The van der Waals surface area contributed by atoms with Crippen LogP contribution in [-0.2, 0) is 9.53 Å². The molecular weight excluding hydrogens is 280 g/mol. The molecule has 0 atom stereocenters. The minimum absolute atomic E-state index is 0.152. The van der Waals surface area contributed by atoms with Crippen LogP contribution in [0.5, 0.6) is 0 Å². The van der Waals surface area contributed by atoms with E-state index in [0.29, 0.717) is 23.7 Å². The third-order valence-electron chi connectivity index (χ3n) is 2.16. The molecule has 2 rings (SSSR count). The van der Waals surface area contributed by atoms with Gasteiger partial charge in [-0.15, -0.1) is 0 Å². The summed E-state index contributed by atoms with van der Waals surface area (Å²) in [4.78, 5) is 24.0. The molecular formula is C11H14N6O2S. The molecule has 0 bridgehead atoms. The predicted octanol–water partition coefficient (Wildman–Crippen LogP) is 0.754. The van der Waals surface area contributed by atoms with Crippen molar-refractivity contribution in [3.8, 4) is 5.95 Å². The highest BCUT2D eigenvalue weighted by Crippen LogP contribution is 2.16. The molecule has 0 unspecified atom stereocenters. The summed E-state index contributed by atoms with van der Waals surface area (Å²) in [5.74, 6) is 0.654. The standard InChI is InChI=1S/C11H14N6O2S/c1-3-19-8(18)7-20-11-15-9(12-2)14-10(16-11)17-6-4-5-13-17/h4-6H,3,7H2,1-2H3,(H,12,14,15,16). The fourth-order valence-electron chi connectivity index (χ4n) is 1.34. The van der Waals surface area contributed by atoms with Crippen LogP contribution in [0, 0.1) is 0 Å². The Labute approximate surface area is 120 Å². The maximum atomic E-state index is 11.3. The van der Waals surface area contributed by atoms with E-state index in [9.17, 15) is 4.79 Å². The Balaban J connectivity index is 2.16. The van der Waals surface area contributed by atoms with Gasteiger partial charge in [0.25, 0.3) is 5.95 Å². The van der Waals surface area contributed by atoms with Crippen LogP contribution in [0.15, 0.2) is 23.6 Å². The molecule has 20 heavy (non-hydrogen) atoms. The first kappa shape index (κ1) is 14.3. The van der Waals surface area contributed by atoms with Crippen LogP contribution in [-0.4, -0.2) is 50.1 Å². The SMILES string of the molecule is CCOC(=O)CSc1nc(NC)nc(-n2cccn2)n1. The molecule has 0 aliphatic heterocycles. The van der Waals surface area contributed by atoms with Gasteiger partial charge < -0.3 is 10.1 Å². The zero-order chi connectivity index (χ0) is 14.4. The van der Waals surface area contributed by atoms with Gasteiger partial charge in [0.15, 0.2) is 5.16 Å². The van der Waals surface area contributed by atoms with E-state index < -0.39 is 0 Å². The number of ether oxygens (including phenoxy) is 1. The average Bonchev–Trinajstić information content (AvgIpc) is 2.99. The fourth-order valence-corrected chi connectivity index (χ4v) is 1.97. The third kappa shape index (κ3) is 3.67. The van der Waals surface area contributed by atoms with E-state index in [1.807, 2.05) is 0 Å². The number of thioether (sulfide) groups is 1. The summed E-state index contributed by atoms with van der Waals surface area (Å²) >= 11 is 1.19. The van der Waals surface area contributed by atoms with E-state index in [4.69, 9.17) is 4.74 Å². The number of esters is 1. The molecule has 9 heteroatoms. The van der Waals surface area contributed by atoms with E-state index in [0.717, 1.165) is 0 Å². The van der Waals surface area contributed by atoms with E-state index in [-0.39, 0.29) is 11.7 Å². The summed E-state index contributed by atoms with van der Waals surface area (Å²) < 4.78 is 6.38. The third-order valence-corrected chi connectivity index (χ3v) is 2.98. The number of nitrogens with one attached hydrogen (secondary N) is 1. The zero-order valence-electron chi connectivity index (χ0n) is 11.1. The van der Waals surface area contributed by atoms with Gasteiger partial charge in [-0.2, -0.15) is 20.1 Å². The number of hydrogen-bond acceptors (Lipinski definition) is 8. The molecule has 0 aliphatic carbocycles. The van der Waals surface area contributed by atoms with Gasteiger partial charge in [0, 0.05) is 19.4 Å². The van der Waals surface area contributed by atoms with Gasteiger partial charge in [-0.25, -0.2) is 4.68 Å². The van der Waals surface area contributed by atoms with Crippen molar-refractivity contribution >= 4 is 23.7 Å². The van der Waals surface area contributed by atoms with Crippen LogP contribution in [0.1, 0.15) is 6.92 Å². The number of rotatable bonds is 6. The molecule has 106 valence electrons. The second kappa shape index (κ2) is 6.85. The Bertz CT molecular complexity index is 574. The van der Waals surface area contributed by atoms with Crippen molar-refractivity contribution in [2.24, 2.45) is 0 Å². The number of anilines is 1. The van der Waals surface area contributed by atoms with Gasteiger partial charge in [0.05, 0.1) is 12.4 Å². The Morgan fingerprint density at radius 2 is 2.30 bits per heavy atom. The summed E-state index contributed by atoms with van der Waals surface area (Å²) in [6, 6.07) is 1.77. The summed E-state index contributed by atoms with van der Waals surface area (Å²) in [6.45, 7) is 2.12. The van der Waals surface area contributed by atoms with Crippen LogP contribution in [0.25, 0.3) is 5.95 Å². The lowest BCUT2D eigenvalue weighted by atomic mass is 10.7. The van der Waals surface area contributed by atoms with Gasteiger partial charge in [-0.05, 0) is 13.0 Å². The molecule has 0 aromatic carbocycles. The molecule has 1 N–H and O–H groups in total. The number of aromatic nitrogens is 5. The van der Waals surface area contributed by atoms with Gasteiger partial charge >= 0.3 is 5.97 Å². The van der Waals surface area contributed by atoms with Crippen molar-refractivity contribution in [1.82, 2.24) is 24.7 Å². The van der Waals surface area contributed by atoms with Crippen LogP contribution >= 0.6 is 11.8 Å². The first-order valence-corrected chi connectivity index (χ1v) is 6.93. The number of carbonyl (C=O) groups is 1. The highest BCUT2D eigenvalue weighted by atomic mass is 32.2. The monoisotopic (exact) mass is 294 g/mol. The van der Waals surface area contributed by atoms with Crippen LogP contribution in [0.4, 0.5) is 5.95 Å². The second-order valence-electron chi connectivity index (χ2n) is 3.54. The summed E-state index contributed by atoms with van der Waals surface area (Å²) in [7, 11) is 1.71. The van der Waals surface area contributed by atoms with Gasteiger partial charge in [-0.3, -0.25) is 4.79 Å². The summed E-state index contributed by atoms with van der Waals surface area (Å²) in [5, 5.41) is 7.35. The molecule has 0 aliphatic rings. The Kier molecular flexibility index (Phi) is 4.88. The molecule has 8 nitrogen and oxygen atoms in total. The molecule has 0 spiro atoms. The topological polar surface area (TPSA) is 94.8 Å². The maximum absolute atomic E-state index is 11.3. The Morgan fingerprint density at radius 1 is 1.45 bits per heavy atom. The lowest BCUT2D eigenvalue weighted by Crippen LogP contribution is -2.10. The van der Waals surface area contributed by atoms with E-state index in [1.54, 1.807) is 32.4 Å². The van der Waals surface area contributed by atoms with Crippen molar-refractivity contribution < 1.29 is 9.53 Å². The normalized spacial score (nSPS) is 10.3. The zero-order valence-corrected chi connectivity index (χ0v) is 11.9. The minimum atomic E-state index is -0.301. The molecule has 0 fully saturated rings. The van der Waals surface area contributed by atoms with Crippen molar-refractivity contribution in [2.45, 2.75) is 12.1 Å². The quantitative estimate of drug-likeness (QED) is 0.616. The van der Waals surface area contributed by atoms with Crippen LogP contribution < -0.4 is 5.32 Å². The summed E-state index contributed by atoms with van der Waals surface area (Å²) in [6.07, 6.45) is 3.36. The van der Waals surface area contributed by atoms with Crippen molar-refractivity contribution in [3.05, 3.63) is 18.5 Å². The smallest absolute Gasteiger partial charge is 0.316 e. The van der Waals surface area contributed by atoms with E-state index >= 15 is 0 Å². The minimum Gasteiger partial charge on any atom is -0.465 e. The average molecular weight is 294 g/mol. The van der Waals surface area contributed by atoms with Crippen molar-refractivity contribution in [1.29, 1.82) is 0 Å². The van der Waals surface area contributed by atoms with Gasteiger partial charge in [0.1, 0.15) is 0 Å². The van der Waals surface area contributed by atoms with Crippen molar-refractivity contribution in [3.63, 3.8) is 0 Å². The molecule has 0 saturated carbocycles. The van der Waals surface area contributed by atoms with E-state index in [2.05, 4.69) is 25.4 Å². The number of nitrogens with zero attached hydrogens (tertiary/aromatic N) is 5. The largest absolute Gasteiger partial charge is 0.465 e. The predicted molar refractivity (Wildman–Crippen MR) is 73.9 cm³/mol. The first-order chi connectivity index (χ1) is 9.72. The Morgan fingerprint density at radius 3 is 2.95 bits per heavy atom. The second-order valence-corrected chi connectivity index (χ2v) is 4.48. The molecule has 2 aromatic heterocycles. The Hall–Kier alpha value is -2.16. The molecule has 0 saturated heterocycles. The molecule has 2 aromatic rings. The van der Waals surface area contributed by atoms with Crippen LogP contribution in [0.2, 0.25) is 0 Å². The van der Waals surface area contributed by atoms with Gasteiger partial charge in [0.2, 0.25) is 5.95 Å². The maximum Gasteiger partial charge on any atom is 0.316 e. The van der Waals surface area contributed by atoms with Crippen LogP contribution in [0.3, 0.4) is 0 Å². The van der Waals surface area contributed by atoms with Gasteiger partial charge in [-0.1, -0.05) is 11.8 Å². The fraction of sp³-hybridized carbons (Fsp3) is 0.364. The molecule has 2 heterocycles. The number of carbonyl (C=O) groups excluding carboxylic acids is 1. The summed E-state index contributed by atoms with van der Waals surface area (Å²) in [5.41, 5.74) is 0. The van der Waals surface area contributed by atoms with E-state index in [1.165, 1.54) is 16.4 Å². The highest BCUT2D eigenvalue weighted by Gasteiger charge is 2.10. The van der Waals surface area contributed by atoms with Crippen molar-refractivity contribution in [2.75, 3.05) is 24.7 Å². The molecule has 0 radical (unpaired) electrons. The number of hydrogen-bond donors (Lipinski definition) is 1.